The van der Waals surface area contributed by atoms with E-state index in [1.54, 1.807) is 0 Å². The molecule has 268 valence electrons. The Morgan fingerprint density at radius 1 is 0.333 bits per heavy atom. The number of rotatable bonds is 7. The van der Waals surface area contributed by atoms with Crippen LogP contribution in [0.3, 0.4) is 0 Å². The lowest BCUT2D eigenvalue weighted by Crippen LogP contribution is -2.11. The standard InChI is InChI=1S/C54H35NOS/c1-4-13-36(14-5-1)38-23-28-43(29-24-38)55(49-30-25-40(37-15-6-2-7-16-37)33-46(49)39-17-8-3-9-18-39)50-21-12-20-45-48-35-42(27-32-53(48)57-54(45)50)41-26-31-52-47(34-41)44-19-10-11-22-51(44)56-52/h1-35H. The van der Waals surface area contributed by atoms with Crippen LogP contribution in [0.15, 0.2) is 217 Å². The summed E-state index contributed by atoms with van der Waals surface area (Å²) in [7, 11) is 0. The third-order valence-corrected chi connectivity index (χ3v) is 12.3. The first-order valence-corrected chi connectivity index (χ1v) is 20.1. The monoisotopic (exact) mass is 745 g/mol. The molecule has 0 amide bonds. The summed E-state index contributed by atoms with van der Waals surface area (Å²) in [5.41, 5.74) is 14.7. The second kappa shape index (κ2) is 13.8. The van der Waals surface area contributed by atoms with Crippen molar-refractivity contribution in [3.8, 4) is 44.5 Å². The van der Waals surface area contributed by atoms with Gasteiger partial charge in [-0.25, -0.2) is 0 Å². The van der Waals surface area contributed by atoms with E-state index in [9.17, 15) is 0 Å². The first kappa shape index (κ1) is 33.2. The van der Waals surface area contributed by atoms with Gasteiger partial charge in [0.2, 0.25) is 0 Å². The second-order valence-electron chi connectivity index (χ2n) is 14.5. The Morgan fingerprint density at radius 2 is 0.877 bits per heavy atom. The Morgan fingerprint density at radius 3 is 1.63 bits per heavy atom. The van der Waals surface area contributed by atoms with Gasteiger partial charge in [0.05, 0.1) is 16.1 Å². The molecular weight excluding hydrogens is 711 g/mol. The van der Waals surface area contributed by atoms with Gasteiger partial charge >= 0.3 is 0 Å². The minimum Gasteiger partial charge on any atom is -0.456 e. The molecular formula is C54H35NOS. The van der Waals surface area contributed by atoms with Crippen molar-refractivity contribution >= 4 is 70.5 Å². The quantitative estimate of drug-likeness (QED) is 0.162. The van der Waals surface area contributed by atoms with Gasteiger partial charge in [0.1, 0.15) is 11.2 Å². The zero-order valence-electron chi connectivity index (χ0n) is 31.0. The predicted molar refractivity (Wildman–Crippen MR) is 243 cm³/mol. The minimum absolute atomic E-state index is 0.912. The molecule has 0 fully saturated rings. The van der Waals surface area contributed by atoms with Gasteiger partial charge in [-0.2, -0.15) is 0 Å². The molecule has 3 heteroatoms. The Balaban J connectivity index is 1.10. The number of benzene rings is 9. The molecule has 0 radical (unpaired) electrons. The molecule has 0 saturated heterocycles. The SMILES string of the molecule is c1ccc(-c2ccc(N(c3ccc(-c4ccccc4)cc3-c3ccccc3)c3cccc4c3sc3ccc(-c5ccc6oc7ccccc7c6c5)cc34)cc2)cc1. The van der Waals surface area contributed by atoms with E-state index in [0.717, 1.165) is 39.0 Å². The van der Waals surface area contributed by atoms with Crippen LogP contribution in [0.1, 0.15) is 0 Å². The lowest BCUT2D eigenvalue weighted by atomic mass is 9.96. The first-order valence-electron chi connectivity index (χ1n) is 19.3. The number of furan rings is 1. The van der Waals surface area contributed by atoms with Crippen LogP contribution in [0.4, 0.5) is 17.1 Å². The second-order valence-corrected chi connectivity index (χ2v) is 15.5. The Kier molecular flexibility index (Phi) is 8.04. The average Bonchev–Trinajstić information content (AvgIpc) is 3.86. The molecule has 0 aliphatic carbocycles. The zero-order chi connectivity index (χ0) is 37.7. The molecule has 0 bridgehead atoms. The van der Waals surface area contributed by atoms with Crippen LogP contribution in [-0.2, 0) is 0 Å². The van der Waals surface area contributed by atoms with Gasteiger partial charge in [-0.1, -0.05) is 152 Å². The Hall–Kier alpha value is -7.20. The molecule has 0 atom stereocenters. The summed E-state index contributed by atoms with van der Waals surface area (Å²) >= 11 is 1.86. The summed E-state index contributed by atoms with van der Waals surface area (Å²) in [6.07, 6.45) is 0. The number of fused-ring (bicyclic) bond motifs is 6. The van der Waals surface area contributed by atoms with Crippen LogP contribution < -0.4 is 4.90 Å². The first-order chi connectivity index (χ1) is 28.2. The van der Waals surface area contributed by atoms with Crippen molar-refractivity contribution in [3.05, 3.63) is 212 Å². The van der Waals surface area contributed by atoms with Crippen LogP contribution in [0.5, 0.6) is 0 Å². The molecule has 0 aliphatic rings. The van der Waals surface area contributed by atoms with E-state index in [4.69, 9.17) is 4.42 Å². The van der Waals surface area contributed by atoms with E-state index in [-0.39, 0.29) is 0 Å². The summed E-state index contributed by atoms with van der Waals surface area (Å²) in [5, 5.41) is 4.79. The van der Waals surface area contributed by atoms with E-state index in [2.05, 4.69) is 205 Å². The Bertz CT molecular complexity index is 3220. The van der Waals surface area contributed by atoms with Crippen LogP contribution in [-0.4, -0.2) is 0 Å². The van der Waals surface area contributed by atoms with Gasteiger partial charge in [0, 0.05) is 37.5 Å². The maximum atomic E-state index is 6.16. The van der Waals surface area contributed by atoms with Gasteiger partial charge in [0.15, 0.2) is 0 Å². The van der Waals surface area contributed by atoms with E-state index in [1.165, 1.54) is 64.7 Å². The smallest absolute Gasteiger partial charge is 0.135 e. The fourth-order valence-electron chi connectivity index (χ4n) is 8.28. The van der Waals surface area contributed by atoms with Gasteiger partial charge in [-0.05, 0) is 99.6 Å². The maximum absolute atomic E-state index is 6.16. The summed E-state index contributed by atoms with van der Waals surface area (Å²) in [4.78, 5) is 2.46. The number of nitrogens with zero attached hydrogens (tertiary/aromatic N) is 1. The van der Waals surface area contributed by atoms with Crippen molar-refractivity contribution in [2.45, 2.75) is 0 Å². The summed E-state index contributed by atoms with van der Waals surface area (Å²) in [5.74, 6) is 0. The van der Waals surface area contributed by atoms with Crippen molar-refractivity contribution in [1.82, 2.24) is 0 Å². The highest BCUT2D eigenvalue weighted by molar-refractivity contribution is 7.26. The van der Waals surface area contributed by atoms with Crippen molar-refractivity contribution < 1.29 is 4.42 Å². The van der Waals surface area contributed by atoms with Crippen LogP contribution in [0.2, 0.25) is 0 Å². The fraction of sp³-hybridized carbons (Fsp3) is 0. The van der Waals surface area contributed by atoms with Crippen molar-refractivity contribution in [2.24, 2.45) is 0 Å². The van der Waals surface area contributed by atoms with Gasteiger partial charge in [0.25, 0.3) is 0 Å². The third kappa shape index (κ3) is 5.88. The van der Waals surface area contributed by atoms with Gasteiger partial charge in [-0.3, -0.25) is 0 Å². The molecule has 11 aromatic rings. The normalized spacial score (nSPS) is 11.5. The van der Waals surface area contributed by atoms with Crippen molar-refractivity contribution in [2.75, 3.05) is 4.90 Å². The lowest BCUT2D eigenvalue weighted by molar-refractivity contribution is 0.669. The van der Waals surface area contributed by atoms with Crippen LogP contribution >= 0.6 is 11.3 Å². The molecule has 2 heterocycles. The summed E-state index contributed by atoms with van der Waals surface area (Å²) in [6.45, 7) is 0. The number of thiophene rings is 1. The van der Waals surface area contributed by atoms with Crippen molar-refractivity contribution in [3.63, 3.8) is 0 Å². The molecule has 57 heavy (non-hydrogen) atoms. The molecule has 9 aromatic carbocycles. The van der Waals surface area contributed by atoms with E-state index in [0.29, 0.717) is 0 Å². The average molecular weight is 746 g/mol. The minimum atomic E-state index is 0.912. The van der Waals surface area contributed by atoms with Crippen LogP contribution in [0.25, 0.3) is 86.6 Å². The number of hydrogen-bond acceptors (Lipinski definition) is 3. The highest BCUT2D eigenvalue weighted by Gasteiger charge is 2.22. The molecule has 2 nitrogen and oxygen atoms in total. The highest BCUT2D eigenvalue weighted by atomic mass is 32.1. The highest BCUT2D eigenvalue weighted by Crippen LogP contribution is 2.48. The summed E-state index contributed by atoms with van der Waals surface area (Å²) < 4.78 is 8.67. The van der Waals surface area contributed by atoms with Gasteiger partial charge in [-0.15, -0.1) is 11.3 Å². The zero-order valence-corrected chi connectivity index (χ0v) is 31.8. The van der Waals surface area contributed by atoms with E-state index < -0.39 is 0 Å². The molecule has 0 N–H and O–H groups in total. The maximum Gasteiger partial charge on any atom is 0.135 e. The van der Waals surface area contributed by atoms with Crippen LogP contribution in [0, 0.1) is 0 Å². The lowest BCUT2D eigenvalue weighted by Gasteiger charge is -2.29. The molecule has 0 aliphatic heterocycles. The number of para-hydroxylation sites is 1. The molecule has 0 spiro atoms. The topological polar surface area (TPSA) is 16.4 Å². The largest absolute Gasteiger partial charge is 0.456 e. The Labute approximate surface area is 335 Å². The molecule has 0 unspecified atom stereocenters. The van der Waals surface area contributed by atoms with E-state index >= 15 is 0 Å². The third-order valence-electron chi connectivity index (χ3n) is 11.1. The summed E-state index contributed by atoms with van der Waals surface area (Å²) in [6, 6.07) is 76.5. The molecule has 0 saturated carbocycles. The molecule has 11 rings (SSSR count). The number of hydrogen-bond donors (Lipinski definition) is 0. The predicted octanol–water partition coefficient (Wildman–Crippen LogP) is 16.1. The van der Waals surface area contributed by atoms with Crippen molar-refractivity contribution in [1.29, 1.82) is 0 Å². The number of anilines is 3. The fourth-order valence-corrected chi connectivity index (χ4v) is 9.46. The van der Waals surface area contributed by atoms with E-state index in [1.807, 2.05) is 23.5 Å². The molecule has 2 aromatic heterocycles. The van der Waals surface area contributed by atoms with Gasteiger partial charge < -0.3 is 9.32 Å².